The lowest BCUT2D eigenvalue weighted by Gasteiger charge is -2.22. The SMILES string of the molecule is Cl.FC(F)(F)c1cc(OCC2CCNCC2)ncn1. The van der Waals surface area contributed by atoms with Crippen LogP contribution in [0.2, 0.25) is 0 Å². The van der Waals surface area contributed by atoms with Crippen molar-refractivity contribution in [2.75, 3.05) is 19.7 Å². The molecule has 0 bridgehead atoms. The first-order chi connectivity index (χ1) is 8.55. The van der Waals surface area contributed by atoms with Gasteiger partial charge in [0.25, 0.3) is 0 Å². The van der Waals surface area contributed by atoms with Crippen LogP contribution in [0.5, 0.6) is 5.88 Å². The van der Waals surface area contributed by atoms with Gasteiger partial charge >= 0.3 is 6.18 Å². The van der Waals surface area contributed by atoms with Gasteiger partial charge in [-0.15, -0.1) is 12.4 Å². The summed E-state index contributed by atoms with van der Waals surface area (Å²) >= 11 is 0. The zero-order valence-electron chi connectivity index (χ0n) is 10.1. The van der Waals surface area contributed by atoms with Crippen molar-refractivity contribution in [1.29, 1.82) is 0 Å². The Balaban J connectivity index is 0.00000180. The van der Waals surface area contributed by atoms with Crippen molar-refractivity contribution in [2.24, 2.45) is 5.92 Å². The summed E-state index contributed by atoms with van der Waals surface area (Å²) in [5, 5.41) is 3.21. The number of halogens is 4. The molecular weight excluding hydrogens is 283 g/mol. The molecule has 4 nitrogen and oxygen atoms in total. The molecule has 0 unspecified atom stereocenters. The molecule has 0 radical (unpaired) electrons. The van der Waals surface area contributed by atoms with E-state index in [2.05, 4.69) is 15.3 Å². The van der Waals surface area contributed by atoms with Crippen LogP contribution in [0.25, 0.3) is 0 Å². The van der Waals surface area contributed by atoms with Gasteiger partial charge in [-0.2, -0.15) is 13.2 Å². The molecule has 1 N–H and O–H groups in total. The van der Waals surface area contributed by atoms with Gasteiger partial charge in [-0.05, 0) is 31.8 Å². The second-order valence-electron chi connectivity index (χ2n) is 4.24. The van der Waals surface area contributed by atoms with E-state index in [1.54, 1.807) is 0 Å². The lowest BCUT2D eigenvalue weighted by Crippen LogP contribution is -2.30. The van der Waals surface area contributed by atoms with Gasteiger partial charge in [-0.1, -0.05) is 0 Å². The number of nitrogens with zero attached hydrogens (tertiary/aromatic N) is 2. The second kappa shape index (κ2) is 6.91. The molecule has 2 rings (SSSR count). The van der Waals surface area contributed by atoms with E-state index < -0.39 is 11.9 Å². The highest BCUT2D eigenvalue weighted by Crippen LogP contribution is 2.28. The van der Waals surface area contributed by atoms with E-state index in [0.717, 1.165) is 38.3 Å². The molecule has 0 atom stereocenters. The van der Waals surface area contributed by atoms with E-state index >= 15 is 0 Å². The Labute approximate surface area is 115 Å². The molecule has 1 saturated heterocycles. The van der Waals surface area contributed by atoms with Gasteiger partial charge in [-0.3, -0.25) is 0 Å². The Kier molecular flexibility index (Phi) is 5.81. The highest BCUT2D eigenvalue weighted by molar-refractivity contribution is 5.85. The van der Waals surface area contributed by atoms with E-state index in [9.17, 15) is 13.2 Å². The smallest absolute Gasteiger partial charge is 0.433 e. The largest absolute Gasteiger partial charge is 0.477 e. The summed E-state index contributed by atoms with van der Waals surface area (Å²) < 4.78 is 42.5. The predicted octanol–water partition coefficient (Wildman–Crippen LogP) is 2.30. The molecule has 108 valence electrons. The summed E-state index contributed by atoms with van der Waals surface area (Å²) in [4.78, 5) is 6.87. The molecule has 0 saturated carbocycles. The first kappa shape index (κ1) is 16.0. The van der Waals surface area contributed by atoms with Gasteiger partial charge in [0.15, 0.2) is 5.69 Å². The van der Waals surface area contributed by atoms with Crippen molar-refractivity contribution in [1.82, 2.24) is 15.3 Å². The first-order valence-electron chi connectivity index (χ1n) is 5.78. The molecule has 8 heteroatoms. The Hall–Kier alpha value is -1.08. The van der Waals surface area contributed by atoms with Gasteiger partial charge in [0, 0.05) is 6.07 Å². The standard InChI is InChI=1S/C11H14F3N3O.ClH/c12-11(13,14)9-5-10(17-7-16-9)18-6-8-1-3-15-4-2-8;/h5,7-8,15H,1-4,6H2;1H. The molecule has 0 amide bonds. The third-order valence-corrected chi connectivity index (χ3v) is 2.86. The molecular formula is C11H15ClF3N3O. The number of alkyl halides is 3. The van der Waals surface area contributed by atoms with Gasteiger partial charge in [-0.25, -0.2) is 9.97 Å². The van der Waals surface area contributed by atoms with Gasteiger partial charge < -0.3 is 10.1 Å². The second-order valence-corrected chi connectivity index (χ2v) is 4.24. The van der Waals surface area contributed by atoms with Gasteiger partial charge in [0.2, 0.25) is 5.88 Å². The maximum atomic E-state index is 12.4. The van der Waals surface area contributed by atoms with Crippen molar-refractivity contribution in [3.63, 3.8) is 0 Å². The minimum Gasteiger partial charge on any atom is -0.477 e. The number of ether oxygens (including phenoxy) is 1. The van der Waals surface area contributed by atoms with Crippen molar-refractivity contribution < 1.29 is 17.9 Å². The zero-order chi connectivity index (χ0) is 13.0. The Bertz CT molecular complexity index is 397. The third-order valence-electron chi connectivity index (χ3n) is 2.86. The van der Waals surface area contributed by atoms with E-state index in [1.807, 2.05) is 0 Å². The molecule has 1 aromatic rings. The van der Waals surface area contributed by atoms with E-state index in [0.29, 0.717) is 12.5 Å². The Morgan fingerprint density at radius 1 is 1.26 bits per heavy atom. The molecule has 0 aliphatic carbocycles. The summed E-state index contributed by atoms with van der Waals surface area (Å²) in [7, 11) is 0. The normalized spacial score (nSPS) is 16.8. The van der Waals surface area contributed by atoms with Crippen LogP contribution in [0.15, 0.2) is 12.4 Å². The lowest BCUT2D eigenvalue weighted by molar-refractivity contribution is -0.141. The quantitative estimate of drug-likeness (QED) is 0.930. The summed E-state index contributed by atoms with van der Waals surface area (Å²) in [6.45, 7) is 2.24. The molecule has 1 fully saturated rings. The molecule has 1 aromatic heterocycles. The highest BCUT2D eigenvalue weighted by atomic mass is 35.5. The van der Waals surface area contributed by atoms with Crippen molar-refractivity contribution >= 4 is 12.4 Å². The topological polar surface area (TPSA) is 47.0 Å². The van der Waals surface area contributed by atoms with E-state index in [1.165, 1.54) is 0 Å². The molecule has 1 aliphatic rings. The van der Waals surface area contributed by atoms with Crippen LogP contribution in [0.4, 0.5) is 13.2 Å². The van der Waals surface area contributed by atoms with Crippen molar-refractivity contribution in [3.8, 4) is 5.88 Å². The Morgan fingerprint density at radius 3 is 2.58 bits per heavy atom. The maximum absolute atomic E-state index is 12.4. The van der Waals surface area contributed by atoms with Crippen LogP contribution in [0, 0.1) is 5.92 Å². The highest BCUT2D eigenvalue weighted by Gasteiger charge is 2.33. The summed E-state index contributed by atoms with van der Waals surface area (Å²) in [5.41, 5.74) is -0.974. The predicted molar refractivity (Wildman–Crippen MR) is 65.4 cm³/mol. The van der Waals surface area contributed by atoms with Gasteiger partial charge in [0.05, 0.1) is 6.61 Å². The van der Waals surface area contributed by atoms with Crippen LogP contribution in [0.3, 0.4) is 0 Å². The molecule has 0 aromatic carbocycles. The summed E-state index contributed by atoms with van der Waals surface area (Å²) in [6.07, 6.45) is -1.65. The summed E-state index contributed by atoms with van der Waals surface area (Å²) in [5.74, 6) is 0.353. The first-order valence-corrected chi connectivity index (χ1v) is 5.78. The number of aromatic nitrogens is 2. The van der Waals surface area contributed by atoms with Crippen LogP contribution in [0.1, 0.15) is 18.5 Å². The average molecular weight is 298 g/mol. The monoisotopic (exact) mass is 297 g/mol. The molecule has 19 heavy (non-hydrogen) atoms. The minimum absolute atomic E-state index is 0. The number of nitrogens with one attached hydrogen (secondary N) is 1. The fourth-order valence-electron chi connectivity index (χ4n) is 1.83. The maximum Gasteiger partial charge on any atom is 0.433 e. The van der Waals surface area contributed by atoms with Crippen LogP contribution in [-0.4, -0.2) is 29.7 Å². The van der Waals surface area contributed by atoms with Crippen LogP contribution < -0.4 is 10.1 Å². The fourth-order valence-corrected chi connectivity index (χ4v) is 1.83. The number of hydrogen-bond acceptors (Lipinski definition) is 4. The van der Waals surface area contributed by atoms with Crippen molar-refractivity contribution in [3.05, 3.63) is 18.1 Å². The molecule has 1 aliphatic heterocycles. The van der Waals surface area contributed by atoms with Crippen LogP contribution >= 0.6 is 12.4 Å². The average Bonchev–Trinajstić information content (AvgIpc) is 2.37. The summed E-state index contributed by atoms with van der Waals surface area (Å²) in [6, 6.07) is 0.834. The Morgan fingerprint density at radius 2 is 1.95 bits per heavy atom. The fraction of sp³-hybridized carbons (Fsp3) is 0.636. The molecule has 2 heterocycles. The third kappa shape index (κ3) is 4.83. The number of hydrogen-bond donors (Lipinski definition) is 1. The number of rotatable bonds is 3. The van der Waals surface area contributed by atoms with Crippen molar-refractivity contribution in [2.45, 2.75) is 19.0 Å². The minimum atomic E-state index is -4.46. The van der Waals surface area contributed by atoms with Crippen LogP contribution in [-0.2, 0) is 6.18 Å². The van der Waals surface area contributed by atoms with E-state index in [-0.39, 0.29) is 18.3 Å². The molecule has 0 spiro atoms. The number of piperidine rings is 1. The van der Waals surface area contributed by atoms with E-state index in [4.69, 9.17) is 4.74 Å². The lowest BCUT2D eigenvalue weighted by atomic mass is 9.99. The zero-order valence-corrected chi connectivity index (χ0v) is 10.9. The van der Waals surface area contributed by atoms with Gasteiger partial charge in [0.1, 0.15) is 6.33 Å².